The minimum absolute atomic E-state index is 0.403. The molecule has 0 radical (unpaired) electrons. The first-order chi connectivity index (χ1) is 5.72. The summed E-state index contributed by atoms with van der Waals surface area (Å²) in [5, 5.41) is 12.9. The molecule has 3 N–H and O–H groups in total. The molecular weight excluding hydrogens is 196 g/mol. The minimum Gasteiger partial charge on any atom is -0.351 e. The maximum Gasteiger partial charge on any atom is 0.318 e. The maximum atomic E-state index is 10.3. The average molecular weight is 200 g/mol. The average Bonchev–Trinajstić information content (AvgIpc) is 2.36. The summed E-state index contributed by atoms with van der Waals surface area (Å²) in [5.41, 5.74) is 4.85. The molecule has 0 aliphatic heterocycles. The van der Waals surface area contributed by atoms with Crippen molar-refractivity contribution in [2.75, 3.05) is 5.32 Å². The smallest absolute Gasteiger partial charge is 0.318 e. The molecule has 0 unspecified atom stereocenters. The molecule has 5 nitrogen and oxygen atoms in total. The van der Waals surface area contributed by atoms with E-state index < -0.39 is 6.03 Å². The zero-order valence-electron chi connectivity index (χ0n) is 5.77. The van der Waals surface area contributed by atoms with Gasteiger partial charge in [0.25, 0.3) is 0 Å². The Balaban J connectivity index is 2.65. The number of anilines is 1. The van der Waals surface area contributed by atoms with Gasteiger partial charge in [-0.05, 0) is 0 Å². The molecule has 1 heterocycles. The standard InChI is InChI=1S/C5H4N4OS2/c6-2-11-3-1-8-5(12-3)9-4(7)10/h1H,(H3,7,8,9,10). The second-order valence-corrected chi connectivity index (χ2v) is 3.78. The number of nitriles is 1. The molecule has 0 saturated heterocycles. The lowest BCUT2D eigenvalue weighted by atomic mass is 10.9. The molecule has 0 bridgehead atoms. The predicted octanol–water partition coefficient (Wildman–Crippen LogP) is 1.21. The first-order valence-electron chi connectivity index (χ1n) is 2.80. The fourth-order valence-electron chi connectivity index (χ4n) is 0.515. The van der Waals surface area contributed by atoms with Crippen molar-refractivity contribution in [1.29, 1.82) is 5.26 Å². The number of carbonyl (C=O) groups is 1. The molecular formula is C5H4N4OS2. The van der Waals surface area contributed by atoms with Crippen molar-refractivity contribution in [3.8, 4) is 5.40 Å². The molecule has 0 aliphatic carbocycles. The van der Waals surface area contributed by atoms with Crippen LogP contribution in [0.1, 0.15) is 0 Å². The lowest BCUT2D eigenvalue weighted by Gasteiger charge is -1.91. The fraction of sp³-hybridized carbons (Fsp3) is 0. The molecule has 0 fully saturated rings. The summed E-state index contributed by atoms with van der Waals surface area (Å²) >= 11 is 2.20. The SMILES string of the molecule is N#CSc1cnc(NC(N)=O)s1. The second-order valence-electron chi connectivity index (χ2n) is 1.67. The van der Waals surface area contributed by atoms with Gasteiger partial charge in [-0.2, -0.15) is 5.26 Å². The van der Waals surface area contributed by atoms with E-state index in [2.05, 4.69) is 10.3 Å². The van der Waals surface area contributed by atoms with Gasteiger partial charge in [0.2, 0.25) is 0 Å². The molecule has 1 aromatic rings. The Hall–Kier alpha value is -1.26. The monoisotopic (exact) mass is 200 g/mol. The Morgan fingerprint density at radius 3 is 3.25 bits per heavy atom. The summed E-state index contributed by atoms with van der Waals surface area (Å²) in [6.45, 7) is 0. The van der Waals surface area contributed by atoms with Crippen LogP contribution in [0.25, 0.3) is 0 Å². The molecule has 0 atom stereocenters. The molecule has 0 spiro atoms. The zero-order valence-corrected chi connectivity index (χ0v) is 7.41. The van der Waals surface area contributed by atoms with E-state index in [0.717, 1.165) is 16.0 Å². The molecule has 7 heteroatoms. The minimum atomic E-state index is -0.655. The van der Waals surface area contributed by atoms with Crippen molar-refractivity contribution in [2.24, 2.45) is 5.73 Å². The van der Waals surface area contributed by atoms with Crippen molar-refractivity contribution < 1.29 is 4.79 Å². The number of amides is 2. The van der Waals surface area contributed by atoms with Gasteiger partial charge in [-0.15, -0.1) is 0 Å². The third-order valence-electron chi connectivity index (χ3n) is 0.861. The summed E-state index contributed by atoms with van der Waals surface area (Å²) in [7, 11) is 0. The number of hydrogen-bond acceptors (Lipinski definition) is 5. The number of rotatable bonds is 2. The molecule has 0 aliphatic rings. The summed E-state index contributed by atoms with van der Waals surface area (Å²) < 4.78 is 0.723. The highest BCUT2D eigenvalue weighted by atomic mass is 32.2. The van der Waals surface area contributed by atoms with E-state index in [0.29, 0.717) is 5.13 Å². The largest absolute Gasteiger partial charge is 0.351 e. The Morgan fingerprint density at radius 1 is 1.92 bits per heavy atom. The Bertz CT molecular complexity index is 328. The molecule has 1 aromatic heterocycles. The number of carbonyl (C=O) groups excluding carboxylic acids is 1. The number of primary amides is 1. The van der Waals surface area contributed by atoms with Crippen LogP contribution in [0.3, 0.4) is 0 Å². The number of hydrogen-bond donors (Lipinski definition) is 2. The maximum absolute atomic E-state index is 10.3. The van der Waals surface area contributed by atoms with Crippen LogP contribution in [0.4, 0.5) is 9.93 Å². The Morgan fingerprint density at radius 2 is 2.67 bits per heavy atom. The molecule has 2 amide bonds. The van der Waals surface area contributed by atoms with Crippen molar-refractivity contribution >= 4 is 34.3 Å². The second kappa shape index (κ2) is 3.94. The number of thiocyanates is 1. The third kappa shape index (κ3) is 2.41. The van der Waals surface area contributed by atoms with Crippen LogP contribution in [0.5, 0.6) is 0 Å². The quantitative estimate of drug-likeness (QED) is 0.554. The first kappa shape index (κ1) is 8.83. The van der Waals surface area contributed by atoms with Gasteiger partial charge in [0.15, 0.2) is 5.13 Å². The van der Waals surface area contributed by atoms with Crippen molar-refractivity contribution in [2.45, 2.75) is 4.21 Å². The number of thioether (sulfide) groups is 1. The Kier molecular flexibility index (Phi) is 2.90. The van der Waals surface area contributed by atoms with Gasteiger partial charge >= 0.3 is 6.03 Å². The summed E-state index contributed by atoms with van der Waals surface area (Å²) in [6.07, 6.45) is 1.50. The Labute approximate surface area is 76.6 Å². The van der Waals surface area contributed by atoms with Crippen LogP contribution >= 0.6 is 23.1 Å². The van der Waals surface area contributed by atoms with Crippen LogP contribution in [0.2, 0.25) is 0 Å². The van der Waals surface area contributed by atoms with Gasteiger partial charge in [-0.25, -0.2) is 9.78 Å². The highest BCUT2D eigenvalue weighted by molar-refractivity contribution is 8.05. The van der Waals surface area contributed by atoms with Gasteiger partial charge < -0.3 is 5.73 Å². The lowest BCUT2D eigenvalue weighted by Crippen LogP contribution is -2.18. The van der Waals surface area contributed by atoms with Gasteiger partial charge in [-0.3, -0.25) is 5.32 Å². The number of aromatic nitrogens is 1. The number of nitrogens with one attached hydrogen (secondary N) is 1. The van der Waals surface area contributed by atoms with E-state index in [1.165, 1.54) is 17.5 Å². The highest BCUT2D eigenvalue weighted by Gasteiger charge is 2.02. The van der Waals surface area contributed by atoms with Gasteiger partial charge in [0.05, 0.1) is 10.4 Å². The first-order valence-corrected chi connectivity index (χ1v) is 4.44. The van der Waals surface area contributed by atoms with Crippen LogP contribution < -0.4 is 11.1 Å². The highest BCUT2D eigenvalue weighted by Crippen LogP contribution is 2.26. The van der Waals surface area contributed by atoms with Gasteiger partial charge in [-0.1, -0.05) is 11.3 Å². The fourth-order valence-corrected chi connectivity index (χ4v) is 1.78. The number of nitrogens with zero attached hydrogens (tertiary/aromatic N) is 2. The summed E-state index contributed by atoms with van der Waals surface area (Å²) in [6, 6.07) is -0.655. The number of thiazole rings is 1. The third-order valence-corrected chi connectivity index (χ3v) is 2.47. The van der Waals surface area contributed by atoms with Crippen LogP contribution in [-0.2, 0) is 0 Å². The number of nitrogens with two attached hydrogens (primary N) is 1. The van der Waals surface area contributed by atoms with E-state index >= 15 is 0 Å². The van der Waals surface area contributed by atoms with Crippen molar-refractivity contribution in [1.82, 2.24) is 4.98 Å². The predicted molar refractivity (Wildman–Crippen MR) is 46.8 cm³/mol. The number of urea groups is 1. The van der Waals surface area contributed by atoms with Crippen molar-refractivity contribution in [3.05, 3.63) is 6.20 Å². The topological polar surface area (TPSA) is 91.8 Å². The normalized spacial score (nSPS) is 8.92. The van der Waals surface area contributed by atoms with Crippen LogP contribution in [0.15, 0.2) is 10.4 Å². The van der Waals surface area contributed by atoms with Crippen molar-refractivity contribution in [3.63, 3.8) is 0 Å². The molecule has 12 heavy (non-hydrogen) atoms. The van der Waals surface area contributed by atoms with E-state index in [9.17, 15) is 4.79 Å². The van der Waals surface area contributed by atoms with E-state index in [4.69, 9.17) is 11.0 Å². The van der Waals surface area contributed by atoms with E-state index in [1.54, 1.807) is 0 Å². The van der Waals surface area contributed by atoms with Gasteiger partial charge in [0.1, 0.15) is 5.40 Å². The molecule has 0 aromatic carbocycles. The summed E-state index contributed by atoms with van der Waals surface area (Å²) in [4.78, 5) is 14.2. The zero-order chi connectivity index (χ0) is 8.97. The summed E-state index contributed by atoms with van der Waals surface area (Å²) in [5.74, 6) is 0. The van der Waals surface area contributed by atoms with Gasteiger partial charge in [0, 0.05) is 11.8 Å². The van der Waals surface area contributed by atoms with Crippen LogP contribution in [0, 0.1) is 10.7 Å². The molecule has 0 saturated carbocycles. The molecule has 1 rings (SSSR count). The van der Waals surface area contributed by atoms with Crippen LogP contribution in [-0.4, -0.2) is 11.0 Å². The molecule has 62 valence electrons. The van der Waals surface area contributed by atoms with E-state index in [-0.39, 0.29) is 0 Å². The lowest BCUT2D eigenvalue weighted by molar-refractivity contribution is 0.259. The van der Waals surface area contributed by atoms with E-state index in [1.807, 2.05) is 5.40 Å².